The molecule has 0 aromatic rings. The summed E-state index contributed by atoms with van der Waals surface area (Å²) in [5.74, 6) is 0.394. The van der Waals surface area contributed by atoms with Gasteiger partial charge in [-0.15, -0.1) is 0 Å². The van der Waals surface area contributed by atoms with E-state index < -0.39 is 5.97 Å². The van der Waals surface area contributed by atoms with Crippen molar-refractivity contribution in [2.75, 3.05) is 14.1 Å². The lowest BCUT2D eigenvalue weighted by Gasteiger charge is -2.39. The van der Waals surface area contributed by atoms with Crippen molar-refractivity contribution in [3.05, 3.63) is 0 Å². The van der Waals surface area contributed by atoms with Crippen molar-refractivity contribution in [3.63, 3.8) is 0 Å². The topological polar surface area (TPSA) is 40.5 Å². The lowest BCUT2D eigenvalue weighted by molar-refractivity contribution is -0.145. The van der Waals surface area contributed by atoms with Crippen molar-refractivity contribution in [2.24, 2.45) is 17.3 Å². The summed E-state index contributed by atoms with van der Waals surface area (Å²) < 4.78 is 0. The maximum atomic E-state index is 11.3. The summed E-state index contributed by atoms with van der Waals surface area (Å²) in [7, 11) is 3.74. The molecule has 0 bridgehead atoms. The monoisotopic (exact) mass is 241 g/mol. The van der Waals surface area contributed by atoms with E-state index in [1.807, 2.05) is 19.0 Å². The van der Waals surface area contributed by atoms with Gasteiger partial charge in [0.15, 0.2) is 0 Å². The zero-order valence-corrected chi connectivity index (χ0v) is 11.9. The van der Waals surface area contributed by atoms with Crippen LogP contribution >= 0.6 is 0 Å². The Labute approximate surface area is 105 Å². The van der Waals surface area contributed by atoms with Crippen molar-refractivity contribution in [1.82, 2.24) is 4.90 Å². The molecule has 17 heavy (non-hydrogen) atoms. The summed E-state index contributed by atoms with van der Waals surface area (Å²) in [5, 5.41) is 9.28. The first kappa shape index (κ1) is 14.5. The molecule has 1 aliphatic rings. The van der Waals surface area contributed by atoms with E-state index in [9.17, 15) is 9.90 Å². The summed E-state index contributed by atoms with van der Waals surface area (Å²) in [5.41, 5.74) is 0.363. The van der Waals surface area contributed by atoms with Gasteiger partial charge in [0.2, 0.25) is 0 Å². The van der Waals surface area contributed by atoms with Gasteiger partial charge in [0.05, 0.1) is 0 Å². The average Bonchev–Trinajstić information content (AvgIpc) is 2.15. The fraction of sp³-hybridized carbons (Fsp3) is 0.929. The first-order chi connectivity index (χ1) is 7.73. The number of nitrogens with zero attached hydrogens (tertiary/aromatic N) is 1. The van der Waals surface area contributed by atoms with Crippen LogP contribution in [0.5, 0.6) is 0 Å². The number of rotatable bonds is 3. The van der Waals surface area contributed by atoms with Gasteiger partial charge in [-0.05, 0) is 57.0 Å². The Morgan fingerprint density at radius 3 is 1.94 bits per heavy atom. The van der Waals surface area contributed by atoms with Crippen molar-refractivity contribution in [1.29, 1.82) is 0 Å². The molecule has 1 unspecified atom stereocenters. The molecule has 0 aromatic carbocycles. The zero-order valence-electron chi connectivity index (χ0n) is 11.9. The highest BCUT2D eigenvalue weighted by Gasteiger charge is 2.36. The SMILES string of the molecule is CN(C)C(C(=O)O)C1CCC(C(C)(C)C)CC1. The Hall–Kier alpha value is -0.570. The maximum absolute atomic E-state index is 11.3. The van der Waals surface area contributed by atoms with Crippen molar-refractivity contribution in [3.8, 4) is 0 Å². The molecule has 1 rings (SSSR count). The minimum Gasteiger partial charge on any atom is -0.480 e. The van der Waals surface area contributed by atoms with E-state index in [1.54, 1.807) is 0 Å². The van der Waals surface area contributed by atoms with Gasteiger partial charge in [0.1, 0.15) is 6.04 Å². The molecule has 1 fully saturated rings. The second kappa shape index (κ2) is 5.38. The van der Waals surface area contributed by atoms with E-state index >= 15 is 0 Å². The molecule has 0 spiro atoms. The van der Waals surface area contributed by atoms with Crippen molar-refractivity contribution in [2.45, 2.75) is 52.5 Å². The number of carboxylic acids is 1. The average molecular weight is 241 g/mol. The Kier molecular flexibility index (Phi) is 4.59. The Balaban J connectivity index is 2.59. The Morgan fingerprint density at radius 1 is 1.18 bits per heavy atom. The third-order valence-electron chi connectivity index (χ3n) is 4.25. The van der Waals surface area contributed by atoms with E-state index in [-0.39, 0.29) is 6.04 Å². The highest BCUT2D eigenvalue weighted by atomic mass is 16.4. The molecule has 1 N–H and O–H groups in total. The summed E-state index contributed by atoms with van der Waals surface area (Å²) in [6.07, 6.45) is 4.45. The predicted octanol–water partition coefficient (Wildman–Crippen LogP) is 2.85. The van der Waals surface area contributed by atoms with E-state index in [1.165, 1.54) is 12.8 Å². The first-order valence-electron chi connectivity index (χ1n) is 6.62. The second-order valence-corrected chi connectivity index (χ2v) is 6.72. The summed E-state index contributed by atoms with van der Waals surface area (Å²) in [6, 6.07) is -0.309. The van der Waals surface area contributed by atoms with Gasteiger partial charge in [-0.2, -0.15) is 0 Å². The fourth-order valence-electron chi connectivity index (χ4n) is 3.15. The van der Waals surface area contributed by atoms with Crippen LogP contribution in [0, 0.1) is 17.3 Å². The highest BCUT2D eigenvalue weighted by molar-refractivity contribution is 5.73. The molecule has 1 atom stereocenters. The van der Waals surface area contributed by atoms with Crippen LogP contribution in [0.25, 0.3) is 0 Å². The van der Waals surface area contributed by atoms with Gasteiger partial charge in [0.25, 0.3) is 0 Å². The zero-order chi connectivity index (χ0) is 13.2. The van der Waals surface area contributed by atoms with Gasteiger partial charge < -0.3 is 5.11 Å². The smallest absolute Gasteiger partial charge is 0.321 e. The minimum atomic E-state index is -0.672. The molecule has 0 heterocycles. The highest BCUT2D eigenvalue weighted by Crippen LogP contribution is 2.41. The van der Waals surface area contributed by atoms with Crippen LogP contribution in [0.3, 0.4) is 0 Å². The number of likely N-dealkylation sites (N-methyl/N-ethyl adjacent to an activating group) is 1. The molecular weight excluding hydrogens is 214 g/mol. The van der Waals surface area contributed by atoms with E-state index in [4.69, 9.17) is 0 Å². The van der Waals surface area contributed by atoms with Crippen LogP contribution < -0.4 is 0 Å². The number of aliphatic carboxylic acids is 1. The van der Waals surface area contributed by atoms with Crippen molar-refractivity contribution < 1.29 is 9.90 Å². The normalized spacial score (nSPS) is 28.1. The van der Waals surface area contributed by atoms with Gasteiger partial charge in [-0.3, -0.25) is 9.69 Å². The van der Waals surface area contributed by atoms with Gasteiger partial charge in [-0.1, -0.05) is 20.8 Å². The summed E-state index contributed by atoms with van der Waals surface area (Å²) in [6.45, 7) is 6.87. The van der Waals surface area contributed by atoms with E-state index in [0.717, 1.165) is 18.8 Å². The maximum Gasteiger partial charge on any atom is 0.321 e. The molecule has 1 aliphatic carbocycles. The molecule has 0 radical (unpaired) electrons. The van der Waals surface area contributed by atoms with Crippen LogP contribution in [0.2, 0.25) is 0 Å². The van der Waals surface area contributed by atoms with Crippen molar-refractivity contribution >= 4 is 5.97 Å². The molecule has 0 amide bonds. The molecule has 1 saturated carbocycles. The molecule has 100 valence electrons. The van der Waals surface area contributed by atoms with Crippen LogP contribution in [0.4, 0.5) is 0 Å². The molecule has 0 aliphatic heterocycles. The summed E-state index contributed by atoms with van der Waals surface area (Å²) >= 11 is 0. The minimum absolute atomic E-state index is 0.309. The van der Waals surface area contributed by atoms with E-state index in [2.05, 4.69) is 20.8 Å². The Bertz CT molecular complexity index is 260. The van der Waals surface area contributed by atoms with Gasteiger partial charge in [0, 0.05) is 0 Å². The molecular formula is C14H27NO2. The molecule has 3 heteroatoms. The number of hydrogen-bond acceptors (Lipinski definition) is 2. The molecule has 0 aromatic heterocycles. The number of carboxylic acid groups (broad SMARTS) is 1. The lowest BCUT2D eigenvalue weighted by atomic mass is 9.68. The predicted molar refractivity (Wildman–Crippen MR) is 70.0 cm³/mol. The van der Waals surface area contributed by atoms with Gasteiger partial charge >= 0.3 is 5.97 Å². The van der Waals surface area contributed by atoms with Gasteiger partial charge in [-0.25, -0.2) is 0 Å². The third kappa shape index (κ3) is 3.70. The van der Waals surface area contributed by atoms with Crippen LogP contribution in [-0.4, -0.2) is 36.1 Å². The summed E-state index contributed by atoms with van der Waals surface area (Å²) in [4.78, 5) is 13.1. The van der Waals surface area contributed by atoms with Crippen LogP contribution in [0.1, 0.15) is 46.5 Å². The molecule has 3 nitrogen and oxygen atoms in total. The quantitative estimate of drug-likeness (QED) is 0.826. The molecule has 0 saturated heterocycles. The van der Waals surface area contributed by atoms with Crippen LogP contribution in [-0.2, 0) is 4.79 Å². The third-order valence-corrected chi connectivity index (χ3v) is 4.25. The fourth-order valence-corrected chi connectivity index (χ4v) is 3.15. The first-order valence-corrected chi connectivity index (χ1v) is 6.62. The van der Waals surface area contributed by atoms with E-state index in [0.29, 0.717) is 11.3 Å². The van der Waals surface area contributed by atoms with Crippen LogP contribution in [0.15, 0.2) is 0 Å². The number of hydrogen-bond donors (Lipinski definition) is 1. The largest absolute Gasteiger partial charge is 0.480 e. The number of carbonyl (C=O) groups is 1. The lowest BCUT2D eigenvalue weighted by Crippen LogP contribution is -2.44. The Morgan fingerprint density at radius 2 is 1.65 bits per heavy atom. The second-order valence-electron chi connectivity index (χ2n) is 6.72. The standard InChI is InChI=1S/C14H27NO2/c1-14(2,3)11-8-6-10(7-9-11)12(13(16)17)15(4)5/h10-12H,6-9H2,1-5H3,(H,16,17).